The molecule has 0 bridgehead atoms. The molecule has 0 spiro atoms. The molecule has 1 aromatic carbocycles. The van der Waals surface area contributed by atoms with Gasteiger partial charge in [-0.05, 0) is 104 Å². The maximum absolute atomic E-state index is 12.9. The Morgan fingerprint density at radius 1 is 0.915 bits per heavy atom. The molecule has 1 atom stereocenters. The van der Waals surface area contributed by atoms with E-state index in [9.17, 15) is 9.90 Å². The van der Waals surface area contributed by atoms with E-state index in [1.165, 1.54) is 11.1 Å². The van der Waals surface area contributed by atoms with Gasteiger partial charge in [0.05, 0.1) is 11.3 Å². The maximum Gasteiger partial charge on any atom is 0.337 e. The molecule has 254 valence electrons. The number of benzene rings is 1. The summed E-state index contributed by atoms with van der Waals surface area (Å²) in [5, 5.41) is 14.0. The summed E-state index contributed by atoms with van der Waals surface area (Å²) in [5.74, 6) is 1.51. The van der Waals surface area contributed by atoms with Crippen LogP contribution in [0.1, 0.15) is 108 Å². The fourth-order valence-corrected chi connectivity index (χ4v) is 6.82. The number of nitrogens with zero attached hydrogens (tertiary/aromatic N) is 5. The number of piperidine rings is 1. The maximum atomic E-state index is 12.9. The van der Waals surface area contributed by atoms with E-state index in [2.05, 4.69) is 72.9 Å². The van der Waals surface area contributed by atoms with Crippen molar-refractivity contribution in [3.8, 4) is 11.1 Å². The van der Waals surface area contributed by atoms with Crippen LogP contribution in [0.3, 0.4) is 0 Å². The average molecular weight is 643 g/mol. The first-order chi connectivity index (χ1) is 21.8. The fraction of sp³-hybridized carbons (Fsp3) is 0.579. The highest BCUT2D eigenvalue weighted by Crippen LogP contribution is 2.45. The van der Waals surface area contributed by atoms with Crippen molar-refractivity contribution < 1.29 is 14.6 Å². The monoisotopic (exact) mass is 642 g/mol. The van der Waals surface area contributed by atoms with Gasteiger partial charge in [-0.1, -0.05) is 32.0 Å². The molecule has 2 aromatic heterocycles. The van der Waals surface area contributed by atoms with Crippen LogP contribution in [0.4, 0.5) is 17.3 Å². The van der Waals surface area contributed by atoms with E-state index in [-0.39, 0.29) is 11.0 Å². The summed E-state index contributed by atoms with van der Waals surface area (Å²) in [6, 6.07) is 8.75. The second kappa shape index (κ2) is 12.7. The molecule has 5 rings (SSSR count). The number of fused-ring (bicyclic) bond motifs is 1. The summed E-state index contributed by atoms with van der Waals surface area (Å²) in [4.78, 5) is 32.0. The standard InChI is InChI=1S/C38H54N6O3/c1-23-31(33(43-18-15-38(10,11)16-19-43)32(24(2)39-23)34(35(45)46)47-37(7,8)9)27-12-13-28-22-44(17-14-26(28)20-27)30-21-29(40-25(3)41-30)42-36(4,5)6/h12-13,20-21,34H,14-19,22H2,1-11H3,(H,45,46)(H,40,41,42). The van der Waals surface area contributed by atoms with Crippen LogP contribution in [0, 0.1) is 26.2 Å². The van der Waals surface area contributed by atoms with Crippen LogP contribution in [0.25, 0.3) is 11.1 Å². The number of anilines is 3. The number of aromatic nitrogens is 3. The molecule has 2 N–H and O–H groups in total. The molecule has 1 unspecified atom stereocenters. The lowest BCUT2D eigenvalue weighted by Gasteiger charge is -2.41. The Morgan fingerprint density at radius 2 is 1.60 bits per heavy atom. The van der Waals surface area contributed by atoms with Crippen LogP contribution in [-0.4, -0.2) is 56.8 Å². The van der Waals surface area contributed by atoms with Gasteiger partial charge >= 0.3 is 5.97 Å². The van der Waals surface area contributed by atoms with Gasteiger partial charge in [-0.2, -0.15) is 0 Å². The number of pyridine rings is 1. The first-order valence-corrected chi connectivity index (χ1v) is 17.0. The van der Waals surface area contributed by atoms with Crippen LogP contribution < -0.4 is 15.1 Å². The highest BCUT2D eigenvalue weighted by Gasteiger charge is 2.36. The number of carboxylic acids is 1. The summed E-state index contributed by atoms with van der Waals surface area (Å²) in [6.07, 6.45) is 1.80. The molecule has 1 saturated heterocycles. The van der Waals surface area contributed by atoms with Gasteiger partial charge in [0.1, 0.15) is 17.5 Å². The zero-order valence-electron chi connectivity index (χ0n) is 30.3. The van der Waals surface area contributed by atoms with E-state index < -0.39 is 17.7 Å². The van der Waals surface area contributed by atoms with Crippen molar-refractivity contribution in [2.45, 2.75) is 119 Å². The highest BCUT2D eigenvalue weighted by molar-refractivity contribution is 5.88. The Kier molecular flexibility index (Phi) is 9.36. The summed E-state index contributed by atoms with van der Waals surface area (Å²) in [5.41, 5.74) is 7.35. The molecule has 1 fully saturated rings. The molecular weight excluding hydrogens is 588 g/mol. The van der Waals surface area contributed by atoms with Gasteiger partial charge < -0.3 is 25.0 Å². The van der Waals surface area contributed by atoms with E-state index in [4.69, 9.17) is 14.7 Å². The van der Waals surface area contributed by atoms with Crippen molar-refractivity contribution in [2.75, 3.05) is 34.8 Å². The number of aliphatic carboxylic acids is 1. The third-order valence-electron chi connectivity index (χ3n) is 9.13. The Labute approximate surface area is 281 Å². The molecule has 0 radical (unpaired) electrons. The molecule has 0 amide bonds. The predicted molar refractivity (Wildman–Crippen MR) is 190 cm³/mol. The first kappa shape index (κ1) is 34.6. The highest BCUT2D eigenvalue weighted by atomic mass is 16.5. The van der Waals surface area contributed by atoms with Gasteiger partial charge in [0.2, 0.25) is 0 Å². The van der Waals surface area contributed by atoms with Gasteiger partial charge in [0.25, 0.3) is 0 Å². The number of hydrogen-bond donors (Lipinski definition) is 2. The third kappa shape index (κ3) is 8.06. The minimum Gasteiger partial charge on any atom is -0.479 e. The van der Waals surface area contributed by atoms with E-state index in [0.717, 1.165) is 85.4 Å². The zero-order valence-corrected chi connectivity index (χ0v) is 30.3. The van der Waals surface area contributed by atoms with Gasteiger partial charge in [0, 0.05) is 60.3 Å². The minimum absolute atomic E-state index is 0.0988. The molecule has 4 heterocycles. The lowest BCUT2D eigenvalue weighted by molar-refractivity contribution is -0.160. The number of rotatable bonds is 7. The summed E-state index contributed by atoms with van der Waals surface area (Å²) < 4.78 is 6.27. The smallest absolute Gasteiger partial charge is 0.337 e. The number of carboxylic acid groups (broad SMARTS) is 1. The normalized spacial score (nSPS) is 17.3. The van der Waals surface area contributed by atoms with Crippen LogP contribution in [0.2, 0.25) is 0 Å². The molecule has 9 heteroatoms. The molecule has 0 aliphatic carbocycles. The van der Waals surface area contributed by atoms with Crippen molar-refractivity contribution >= 4 is 23.3 Å². The summed E-state index contributed by atoms with van der Waals surface area (Å²) in [6.45, 7) is 25.9. The van der Waals surface area contributed by atoms with E-state index in [1.807, 2.05) is 47.6 Å². The molecule has 3 aromatic rings. The number of aryl methyl sites for hydroxylation is 3. The second-order valence-corrected chi connectivity index (χ2v) is 16.2. The van der Waals surface area contributed by atoms with Crippen molar-refractivity contribution in [3.63, 3.8) is 0 Å². The largest absolute Gasteiger partial charge is 0.479 e. The zero-order chi connectivity index (χ0) is 34.5. The van der Waals surface area contributed by atoms with E-state index >= 15 is 0 Å². The van der Waals surface area contributed by atoms with Crippen LogP contribution in [0.15, 0.2) is 24.3 Å². The summed E-state index contributed by atoms with van der Waals surface area (Å²) in [7, 11) is 0. The molecule has 0 saturated carbocycles. The van der Waals surface area contributed by atoms with Gasteiger partial charge in [0.15, 0.2) is 6.10 Å². The predicted octanol–water partition coefficient (Wildman–Crippen LogP) is 7.80. The topological polar surface area (TPSA) is 104 Å². The fourth-order valence-electron chi connectivity index (χ4n) is 6.82. The summed E-state index contributed by atoms with van der Waals surface area (Å²) >= 11 is 0. The third-order valence-corrected chi connectivity index (χ3v) is 9.13. The van der Waals surface area contributed by atoms with Crippen molar-refractivity contribution in [1.82, 2.24) is 15.0 Å². The number of hydrogen-bond acceptors (Lipinski definition) is 8. The van der Waals surface area contributed by atoms with Crippen LogP contribution >= 0.6 is 0 Å². The second-order valence-electron chi connectivity index (χ2n) is 16.2. The van der Waals surface area contributed by atoms with Crippen molar-refractivity contribution in [2.24, 2.45) is 5.41 Å². The van der Waals surface area contributed by atoms with Gasteiger partial charge in [-0.15, -0.1) is 0 Å². The number of carbonyl (C=O) groups is 1. The average Bonchev–Trinajstić information content (AvgIpc) is 2.93. The van der Waals surface area contributed by atoms with Crippen molar-refractivity contribution in [3.05, 3.63) is 58.2 Å². The number of nitrogens with one attached hydrogen (secondary N) is 1. The Hall–Kier alpha value is -3.72. The molecule has 9 nitrogen and oxygen atoms in total. The Balaban J connectivity index is 1.57. The minimum atomic E-state index is -1.13. The SMILES string of the molecule is Cc1nc(NC(C)(C)C)cc(N2CCc3cc(-c4c(C)nc(C)c(C(OC(C)(C)C)C(=O)O)c4N4CCC(C)(C)CC4)ccc3C2)n1. The molecule has 2 aliphatic heterocycles. The molecule has 47 heavy (non-hydrogen) atoms. The Morgan fingerprint density at radius 3 is 2.21 bits per heavy atom. The molecular formula is C38H54N6O3. The molecule has 2 aliphatic rings. The lowest BCUT2D eigenvalue weighted by Crippen LogP contribution is -2.39. The van der Waals surface area contributed by atoms with Crippen molar-refractivity contribution in [1.29, 1.82) is 0 Å². The Bertz CT molecular complexity index is 1640. The van der Waals surface area contributed by atoms with Gasteiger partial charge in [-0.3, -0.25) is 4.98 Å². The van der Waals surface area contributed by atoms with E-state index in [1.54, 1.807) is 0 Å². The lowest BCUT2D eigenvalue weighted by atomic mass is 9.81. The number of ether oxygens (including phenoxy) is 1. The first-order valence-electron chi connectivity index (χ1n) is 17.0. The van der Waals surface area contributed by atoms with Crippen LogP contribution in [-0.2, 0) is 22.5 Å². The van der Waals surface area contributed by atoms with Crippen LogP contribution in [0.5, 0.6) is 0 Å². The quantitative estimate of drug-likeness (QED) is 0.267. The van der Waals surface area contributed by atoms with Gasteiger partial charge in [-0.25, -0.2) is 14.8 Å². The van der Waals surface area contributed by atoms with E-state index in [0.29, 0.717) is 11.3 Å².